The summed E-state index contributed by atoms with van der Waals surface area (Å²) in [5.74, 6) is 0. The Hall–Kier alpha value is -1.71. The highest BCUT2D eigenvalue weighted by molar-refractivity contribution is 7.89. The van der Waals surface area contributed by atoms with Gasteiger partial charge < -0.3 is 10.6 Å². The molecule has 0 aliphatic carbocycles. The number of nitrogen functional groups attached to an aromatic ring is 1. The Morgan fingerprint density at radius 1 is 1.42 bits per heavy atom. The van der Waals surface area contributed by atoms with E-state index in [1.54, 1.807) is 19.0 Å². The van der Waals surface area contributed by atoms with Gasteiger partial charge in [0.2, 0.25) is 10.0 Å². The van der Waals surface area contributed by atoms with Crippen LogP contribution in [-0.4, -0.2) is 45.4 Å². The second-order valence-corrected chi connectivity index (χ2v) is 5.92. The van der Waals surface area contributed by atoms with Gasteiger partial charge in [-0.15, -0.1) is 0 Å². The fourth-order valence-electron chi connectivity index (χ4n) is 1.38. The Bertz CT molecular complexity index is 571. The Morgan fingerprint density at radius 3 is 2.58 bits per heavy atom. The van der Waals surface area contributed by atoms with Crippen LogP contribution in [0.1, 0.15) is 0 Å². The molecule has 106 valence electrons. The number of likely N-dealkylation sites (N-methyl/N-ethyl adjacent to an activating group) is 1. The molecule has 0 radical (unpaired) electrons. The third-order valence-corrected chi connectivity index (χ3v) is 3.81. The second kappa shape index (κ2) is 5.95. The van der Waals surface area contributed by atoms with Gasteiger partial charge in [0, 0.05) is 24.8 Å². The fraction of sp³-hybridized carbons (Fsp3) is 0.400. The van der Waals surface area contributed by atoms with Crippen molar-refractivity contribution in [3.05, 3.63) is 28.3 Å². The predicted octanol–water partition coefficient (Wildman–Crippen LogP) is 0.0169. The second-order valence-electron chi connectivity index (χ2n) is 4.19. The van der Waals surface area contributed by atoms with Crippen LogP contribution in [0.25, 0.3) is 0 Å². The van der Waals surface area contributed by atoms with Gasteiger partial charge in [-0.2, -0.15) is 0 Å². The summed E-state index contributed by atoms with van der Waals surface area (Å²) in [6, 6.07) is 3.45. The van der Waals surface area contributed by atoms with Crippen molar-refractivity contribution < 1.29 is 13.3 Å². The molecule has 0 saturated carbocycles. The maximum Gasteiger partial charge on any atom is 0.289 e. The lowest BCUT2D eigenvalue weighted by Crippen LogP contribution is -2.31. The molecule has 9 heteroatoms. The highest BCUT2D eigenvalue weighted by Gasteiger charge is 2.25. The number of hydrogen-bond donors (Lipinski definition) is 2. The average Bonchev–Trinajstić information content (AvgIpc) is 2.27. The van der Waals surface area contributed by atoms with Crippen LogP contribution in [-0.2, 0) is 10.0 Å². The van der Waals surface area contributed by atoms with Gasteiger partial charge >= 0.3 is 0 Å². The van der Waals surface area contributed by atoms with E-state index in [4.69, 9.17) is 5.73 Å². The summed E-state index contributed by atoms with van der Waals surface area (Å²) in [6.07, 6.45) is 0. The Morgan fingerprint density at radius 2 is 2.05 bits per heavy atom. The molecule has 3 N–H and O–H groups in total. The maximum absolute atomic E-state index is 12.0. The summed E-state index contributed by atoms with van der Waals surface area (Å²) in [5, 5.41) is 10.8. The molecule has 1 aromatic carbocycles. The zero-order valence-corrected chi connectivity index (χ0v) is 11.5. The quantitative estimate of drug-likeness (QED) is 0.432. The number of nitrogens with two attached hydrogens (primary N) is 1. The van der Waals surface area contributed by atoms with Crippen molar-refractivity contribution in [2.45, 2.75) is 4.90 Å². The predicted molar refractivity (Wildman–Crippen MR) is 71.3 cm³/mol. The van der Waals surface area contributed by atoms with Crippen LogP contribution in [0.15, 0.2) is 23.1 Å². The van der Waals surface area contributed by atoms with Crippen molar-refractivity contribution in [2.75, 3.05) is 32.9 Å². The molecule has 0 aliphatic rings. The van der Waals surface area contributed by atoms with Crippen molar-refractivity contribution in [1.82, 2.24) is 9.62 Å². The van der Waals surface area contributed by atoms with E-state index in [-0.39, 0.29) is 12.2 Å². The monoisotopic (exact) mass is 288 g/mol. The number of nitrogens with one attached hydrogen (secondary N) is 1. The molecular formula is C10H16N4O4S. The summed E-state index contributed by atoms with van der Waals surface area (Å²) >= 11 is 0. The van der Waals surface area contributed by atoms with Gasteiger partial charge in [0.1, 0.15) is 0 Å². The third-order valence-electron chi connectivity index (χ3n) is 2.32. The fourth-order valence-corrected chi connectivity index (χ4v) is 2.60. The molecule has 0 fully saturated rings. The van der Waals surface area contributed by atoms with Gasteiger partial charge in [0.05, 0.1) is 4.92 Å². The largest absolute Gasteiger partial charge is 0.399 e. The highest BCUT2D eigenvalue weighted by atomic mass is 32.2. The van der Waals surface area contributed by atoms with Crippen LogP contribution in [0.2, 0.25) is 0 Å². The molecule has 0 bridgehead atoms. The first-order chi connectivity index (χ1) is 8.74. The van der Waals surface area contributed by atoms with E-state index in [1.807, 2.05) is 0 Å². The Kier molecular flexibility index (Phi) is 4.81. The zero-order valence-electron chi connectivity index (χ0n) is 10.7. The first-order valence-electron chi connectivity index (χ1n) is 5.42. The molecule has 0 heterocycles. The molecule has 1 rings (SSSR count). The molecule has 1 aromatic rings. The maximum atomic E-state index is 12.0. The SMILES string of the molecule is CN(C)CCNS(=O)(=O)c1cc(N)ccc1[N+](=O)[O-]. The molecule has 0 saturated heterocycles. The molecule has 0 atom stereocenters. The van der Waals surface area contributed by atoms with Gasteiger partial charge in [-0.05, 0) is 26.2 Å². The van der Waals surface area contributed by atoms with E-state index < -0.39 is 25.5 Å². The van der Waals surface area contributed by atoms with Crippen LogP contribution in [0.4, 0.5) is 11.4 Å². The Balaban J connectivity index is 3.06. The van der Waals surface area contributed by atoms with Gasteiger partial charge in [-0.1, -0.05) is 0 Å². The van der Waals surface area contributed by atoms with Gasteiger partial charge in [-0.3, -0.25) is 10.1 Å². The topological polar surface area (TPSA) is 119 Å². The van der Waals surface area contributed by atoms with Crippen LogP contribution in [0.3, 0.4) is 0 Å². The minimum absolute atomic E-state index is 0.151. The number of anilines is 1. The lowest BCUT2D eigenvalue weighted by atomic mass is 10.3. The van der Waals surface area contributed by atoms with Crippen molar-refractivity contribution in [3.8, 4) is 0 Å². The van der Waals surface area contributed by atoms with Gasteiger partial charge in [0.15, 0.2) is 4.90 Å². The normalized spacial score (nSPS) is 11.7. The van der Waals surface area contributed by atoms with Crippen molar-refractivity contribution in [2.24, 2.45) is 0 Å². The molecule has 0 aliphatic heterocycles. The standard InChI is InChI=1S/C10H16N4O4S/c1-13(2)6-5-12-19(17,18)10-7-8(11)3-4-9(10)14(15)16/h3-4,7,12H,5-6,11H2,1-2H3. The van der Waals surface area contributed by atoms with E-state index in [0.29, 0.717) is 6.54 Å². The molecule has 8 nitrogen and oxygen atoms in total. The van der Waals surface area contributed by atoms with E-state index in [2.05, 4.69) is 4.72 Å². The van der Waals surface area contributed by atoms with Gasteiger partial charge in [0.25, 0.3) is 5.69 Å². The summed E-state index contributed by atoms with van der Waals surface area (Å²) in [4.78, 5) is 11.4. The van der Waals surface area contributed by atoms with Crippen LogP contribution >= 0.6 is 0 Å². The molecule has 0 aromatic heterocycles. The van der Waals surface area contributed by atoms with Crippen LogP contribution in [0, 0.1) is 10.1 Å². The minimum Gasteiger partial charge on any atom is -0.399 e. The first kappa shape index (κ1) is 15.3. The summed E-state index contributed by atoms with van der Waals surface area (Å²) in [7, 11) is -0.375. The summed E-state index contributed by atoms with van der Waals surface area (Å²) in [6.45, 7) is 0.636. The number of nitro benzene ring substituents is 1. The number of rotatable bonds is 6. The number of nitro groups is 1. The van der Waals surface area contributed by atoms with E-state index >= 15 is 0 Å². The lowest BCUT2D eigenvalue weighted by molar-refractivity contribution is -0.387. The summed E-state index contributed by atoms with van der Waals surface area (Å²) < 4.78 is 26.3. The number of sulfonamides is 1. The third kappa shape index (κ3) is 4.16. The van der Waals surface area contributed by atoms with Crippen LogP contribution in [0.5, 0.6) is 0 Å². The van der Waals surface area contributed by atoms with E-state index in [1.165, 1.54) is 6.07 Å². The number of benzene rings is 1. The first-order valence-corrected chi connectivity index (χ1v) is 6.90. The molecule has 0 spiro atoms. The van der Waals surface area contributed by atoms with E-state index in [9.17, 15) is 18.5 Å². The molecule has 0 unspecified atom stereocenters. The lowest BCUT2D eigenvalue weighted by Gasteiger charge is -2.11. The summed E-state index contributed by atoms with van der Waals surface area (Å²) in [5.41, 5.74) is 5.14. The van der Waals surface area contributed by atoms with Crippen molar-refractivity contribution >= 4 is 21.4 Å². The van der Waals surface area contributed by atoms with Crippen molar-refractivity contribution in [1.29, 1.82) is 0 Å². The van der Waals surface area contributed by atoms with Gasteiger partial charge in [-0.25, -0.2) is 13.1 Å². The highest BCUT2D eigenvalue weighted by Crippen LogP contribution is 2.25. The average molecular weight is 288 g/mol. The minimum atomic E-state index is -3.95. The molecule has 19 heavy (non-hydrogen) atoms. The zero-order chi connectivity index (χ0) is 14.6. The molecule has 0 amide bonds. The van der Waals surface area contributed by atoms with E-state index in [0.717, 1.165) is 12.1 Å². The van der Waals surface area contributed by atoms with Crippen molar-refractivity contribution in [3.63, 3.8) is 0 Å². The number of hydrogen-bond acceptors (Lipinski definition) is 6. The van der Waals surface area contributed by atoms with Crippen LogP contribution < -0.4 is 10.5 Å². The smallest absolute Gasteiger partial charge is 0.289 e. The Labute approximate surface area is 111 Å². The molecular weight excluding hydrogens is 272 g/mol. The number of nitrogens with zero attached hydrogens (tertiary/aromatic N) is 2.